The normalized spacial score (nSPS) is 10.6. The topological polar surface area (TPSA) is 46.5 Å². The van der Waals surface area contributed by atoms with E-state index in [-0.39, 0.29) is 6.42 Å². The second-order valence-corrected chi connectivity index (χ2v) is 5.46. The van der Waals surface area contributed by atoms with Gasteiger partial charge < -0.3 is 9.84 Å². The van der Waals surface area contributed by atoms with E-state index in [0.29, 0.717) is 13.0 Å². The number of aryl methyl sites for hydroxylation is 1. The molecule has 0 radical (unpaired) electrons. The summed E-state index contributed by atoms with van der Waals surface area (Å²) in [6.07, 6.45) is 0.690. The van der Waals surface area contributed by atoms with Crippen molar-refractivity contribution in [1.82, 2.24) is 0 Å². The maximum Gasteiger partial charge on any atom is 0.303 e. The molecule has 0 atom stereocenters. The van der Waals surface area contributed by atoms with Crippen LogP contribution in [0.1, 0.15) is 17.5 Å². The Morgan fingerprint density at radius 1 is 0.913 bits per heavy atom. The zero-order valence-electron chi connectivity index (χ0n) is 12.7. The van der Waals surface area contributed by atoms with E-state index in [0.717, 1.165) is 16.9 Å². The summed E-state index contributed by atoms with van der Waals surface area (Å²) in [5.74, 6) is 0.0123. The van der Waals surface area contributed by atoms with Crippen LogP contribution in [0.5, 0.6) is 5.75 Å². The maximum absolute atomic E-state index is 10.6. The molecule has 3 aromatic rings. The molecule has 0 aliphatic heterocycles. The molecule has 0 saturated heterocycles. The van der Waals surface area contributed by atoms with Crippen molar-refractivity contribution in [2.24, 2.45) is 0 Å². The minimum atomic E-state index is -0.777. The molecule has 3 aromatic carbocycles. The number of hydrogen-bond acceptors (Lipinski definition) is 2. The molecule has 0 unspecified atom stereocenters. The molecule has 0 aromatic heterocycles. The number of ether oxygens (including phenoxy) is 1. The van der Waals surface area contributed by atoms with Crippen LogP contribution in [0.3, 0.4) is 0 Å². The smallest absolute Gasteiger partial charge is 0.303 e. The summed E-state index contributed by atoms with van der Waals surface area (Å²) in [5.41, 5.74) is 2.16. The van der Waals surface area contributed by atoms with E-state index >= 15 is 0 Å². The van der Waals surface area contributed by atoms with Crippen LogP contribution >= 0.6 is 0 Å². The van der Waals surface area contributed by atoms with Crippen molar-refractivity contribution in [2.45, 2.75) is 19.4 Å². The van der Waals surface area contributed by atoms with Crippen LogP contribution in [0, 0.1) is 0 Å². The Morgan fingerprint density at radius 2 is 1.65 bits per heavy atom. The molecule has 0 bridgehead atoms. The van der Waals surface area contributed by atoms with Crippen LogP contribution in [-0.4, -0.2) is 11.1 Å². The van der Waals surface area contributed by atoms with E-state index in [2.05, 4.69) is 24.3 Å². The summed E-state index contributed by atoms with van der Waals surface area (Å²) >= 11 is 0. The summed E-state index contributed by atoms with van der Waals surface area (Å²) in [6.45, 7) is 0.510. The highest BCUT2D eigenvalue weighted by molar-refractivity contribution is 5.85. The first-order valence-electron chi connectivity index (χ1n) is 7.62. The Labute approximate surface area is 135 Å². The Balaban J connectivity index is 1.67. The first-order chi connectivity index (χ1) is 11.2. The molecule has 0 aliphatic carbocycles. The van der Waals surface area contributed by atoms with Gasteiger partial charge in [-0.25, -0.2) is 0 Å². The third-order valence-electron chi connectivity index (χ3n) is 3.83. The molecule has 0 amide bonds. The van der Waals surface area contributed by atoms with Crippen LogP contribution in [0.4, 0.5) is 0 Å². The SMILES string of the molecule is O=C(O)CCc1ccc(OCc2cccc3ccccc23)cc1. The standard InChI is InChI=1S/C20H18O3/c21-20(22)13-10-15-8-11-18(12-9-15)23-14-17-6-3-5-16-4-1-2-7-19(16)17/h1-9,11-12H,10,13-14H2,(H,21,22). The molecular weight excluding hydrogens is 288 g/mol. The lowest BCUT2D eigenvalue weighted by Crippen LogP contribution is -1.98. The average Bonchev–Trinajstić information content (AvgIpc) is 2.59. The van der Waals surface area contributed by atoms with Crippen molar-refractivity contribution in [3.05, 3.63) is 77.9 Å². The first-order valence-corrected chi connectivity index (χ1v) is 7.62. The van der Waals surface area contributed by atoms with Gasteiger partial charge in [0.05, 0.1) is 0 Å². The molecule has 0 saturated carbocycles. The van der Waals surface area contributed by atoms with E-state index in [1.165, 1.54) is 10.8 Å². The summed E-state index contributed by atoms with van der Waals surface area (Å²) in [4.78, 5) is 10.6. The van der Waals surface area contributed by atoms with Crippen LogP contribution in [0.25, 0.3) is 10.8 Å². The van der Waals surface area contributed by atoms with E-state index < -0.39 is 5.97 Å². The van der Waals surface area contributed by atoms with Gasteiger partial charge in [0.25, 0.3) is 0 Å². The van der Waals surface area contributed by atoms with Gasteiger partial charge in [-0.3, -0.25) is 4.79 Å². The highest BCUT2D eigenvalue weighted by Crippen LogP contribution is 2.21. The van der Waals surface area contributed by atoms with Crippen LogP contribution < -0.4 is 4.74 Å². The van der Waals surface area contributed by atoms with Crippen LogP contribution in [0.2, 0.25) is 0 Å². The van der Waals surface area contributed by atoms with Crippen molar-refractivity contribution >= 4 is 16.7 Å². The molecule has 3 heteroatoms. The van der Waals surface area contributed by atoms with Gasteiger partial charge in [-0.2, -0.15) is 0 Å². The lowest BCUT2D eigenvalue weighted by atomic mass is 10.1. The number of carboxylic acids is 1. The minimum Gasteiger partial charge on any atom is -0.489 e. The van der Waals surface area contributed by atoms with Gasteiger partial charge in [-0.15, -0.1) is 0 Å². The monoisotopic (exact) mass is 306 g/mol. The molecule has 0 fully saturated rings. The molecule has 0 spiro atoms. The van der Waals surface area contributed by atoms with Crippen molar-refractivity contribution in [2.75, 3.05) is 0 Å². The van der Waals surface area contributed by atoms with Crippen molar-refractivity contribution < 1.29 is 14.6 Å². The number of benzene rings is 3. The fraction of sp³-hybridized carbons (Fsp3) is 0.150. The third-order valence-corrected chi connectivity index (χ3v) is 3.83. The third kappa shape index (κ3) is 3.89. The van der Waals surface area contributed by atoms with Gasteiger partial charge >= 0.3 is 5.97 Å². The molecular formula is C20H18O3. The zero-order chi connectivity index (χ0) is 16.1. The minimum absolute atomic E-state index is 0.149. The summed E-state index contributed by atoms with van der Waals surface area (Å²) in [5, 5.41) is 11.1. The van der Waals surface area contributed by atoms with Gasteiger partial charge in [-0.05, 0) is 40.5 Å². The zero-order valence-corrected chi connectivity index (χ0v) is 12.7. The van der Waals surface area contributed by atoms with Crippen molar-refractivity contribution in [3.8, 4) is 5.75 Å². The van der Waals surface area contributed by atoms with Gasteiger partial charge in [0.2, 0.25) is 0 Å². The first kappa shape index (κ1) is 15.1. The number of rotatable bonds is 6. The van der Waals surface area contributed by atoms with E-state index in [4.69, 9.17) is 9.84 Å². The predicted molar refractivity (Wildman–Crippen MR) is 90.7 cm³/mol. The molecule has 116 valence electrons. The lowest BCUT2D eigenvalue weighted by Gasteiger charge is -2.09. The highest BCUT2D eigenvalue weighted by atomic mass is 16.5. The molecule has 3 nitrogen and oxygen atoms in total. The van der Waals surface area contributed by atoms with Crippen LogP contribution in [-0.2, 0) is 17.8 Å². The van der Waals surface area contributed by atoms with E-state index in [9.17, 15) is 4.79 Å². The summed E-state index contributed by atoms with van der Waals surface area (Å²) in [6, 6.07) is 22.1. The largest absolute Gasteiger partial charge is 0.489 e. The van der Waals surface area contributed by atoms with Crippen molar-refractivity contribution in [1.29, 1.82) is 0 Å². The molecule has 0 aliphatic rings. The molecule has 23 heavy (non-hydrogen) atoms. The summed E-state index contributed by atoms with van der Waals surface area (Å²) in [7, 11) is 0. The molecule has 3 rings (SSSR count). The number of aliphatic carboxylic acids is 1. The van der Waals surface area contributed by atoms with E-state index in [1.807, 2.05) is 42.5 Å². The van der Waals surface area contributed by atoms with Crippen LogP contribution in [0.15, 0.2) is 66.7 Å². The Kier molecular flexibility index (Phi) is 4.57. The van der Waals surface area contributed by atoms with Crippen molar-refractivity contribution in [3.63, 3.8) is 0 Å². The lowest BCUT2D eigenvalue weighted by molar-refractivity contribution is -0.136. The second kappa shape index (κ2) is 6.97. The van der Waals surface area contributed by atoms with Gasteiger partial charge in [0, 0.05) is 6.42 Å². The molecule has 1 N–H and O–H groups in total. The average molecular weight is 306 g/mol. The fourth-order valence-electron chi connectivity index (χ4n) is 2.58. The van der Waals surface area contributed by atoms with E-state index in [1.54, 1.807) is 0 Å². The number of fused-ring (bicyclic) bond motifs is 1. The second-order valence-electron chi connectivity index (χ2n) is 5.46. The Bertz CT molecular complexity index is 801. The summed E-state index contributed by atoms with van der Waals surface area (Å²) < 4.78 is 5.86. The number of carbonyl (C=O) groups is 1. The maximum atomic E-state index is 10.6. The number of carboxylic acid groups (broad SMARTS) is 1. The quantitative estimate of drug-likeness (QED) is 0.732. The Morgan fingerprint density at radius 3 is 2.43 bits per heavy atom. The van der Waals surface area contributed by atoms with Gasteiger partial charge in [0.15, 0.2) is 0 Å². The number of hydrogen-bond donors (Lipinski definition) is 1. The van der Waals surface area contributed by atoms with Gasteiger partial charge in [-0.1, -0.05) is 54.6 Å². The Hall–Kier alpha value is -2.81. The fourth-order valence-corrected chi connectivity index (χ4v) is 2.58. The van der Waals surface area contributed by atoms with Gasteiger partial charge in [0.1, 0.15) is 12.4 Å². The predicted octanol–water partition coefficient (Wildman–Crippen LogP) is 4.44. The molecule has 0 heterocycles. The highest BCUT2D eigenvalue weighted by Gasteiger charge is 2.03.